The molecule has 4 heteroatoms. The molecule has 2 aliphatic rings. The van der Waals surface area contributed by atoms with E-state index in [1.165, 1.54) is 22.8 Å². The highest BCUT2D eigenvalue weighted by Gasteiger charge is 2.29. The molecular formula is C27H29FN2O. The molecule has 2 aromatic rings. The standard InChI is InChI=1S/C27H29FN2O/c1-3-19-14-23(20-9-6-11-24(28)15-20)16-25-21(8-4-5-13-31-2)17-26(30-27(19)25)22-10-7-12-29-18-22/h6-7,9-12,14-16,18,27H,3-5,8,13,17H2,1-2H3. The third-order valence-electron chi connectivity index (χ3n) is 6.01. The monoisotopic (exact) mass is 416 g/mol. The molecule has 3 nitrogen and oxygen atoms in total. The number of rotatable bonds is 8. The lowest BCUT2D eigenvalue weighted by Gasteiger charge is -2.31. The maximum Gasteiger partial charge on any atom is 0.123 e. The van der Waals surface area contributed by atoms with Crippen LogP contribution in [0.1, 0.15) is 50.2 Å². The van der Waals surface area contributed by atoms with E-state index in [4.69, 9.17) is 9.73 Å². The summed E-state index contributed by atoms with van der Waals surface area (Å²) in [5, 5.41) is 0. The van der Waals surface area contributed by atoms with Crippen LogP contribution in [0.3, 0.4) is 0 Å². The van der Waals surface area contributed by atoms with Gasteiger partial charge in [-0.25, -0.2) is 4.39 Å². The van der Waals surface area contributed by atoms with Crippen molar-refractivity contribution in [2.75, 3.05) is 13.7 Å². The summed E-state index contributed by atoms with van der Waals surface area (Å²) in [7, 11) is 1.75. The summed E-state index contributed by atoms with van der Waals surface area (Å²) in [4.78, 5) is 9.47. The first-order valence-electron chi connectivity index (χ1n) is 11.1. The van der Waals surface area contributed by atoms with Crippen molar-refractivity contribution in [3.05, 3.63) is 94.6 Å². The van der Waals surface area contributed by atoms with E-state index in [1.54, 1.807) is 25.4 Å². The molecule has 0 fully saturated rings. The van der Waals surface area contributed by atoms with E-state index in [2.05, 4.69) is 30.1 Å². The first kappa shape index (κ1) is 21.4. The molecule has 2 heterocycles. The average molecular weight is 417 g/mol. The number of fused-ring (bicyclic) bond motifs is 1. The Morgan fingerprint density at radius 2 is 1.97 bits per heavy atom. The molecule has 1 atom stereocenters. The highest BCUT2D eigenvalue weighted by Crippen LogP contribution is 2.39. The minimum Gasteiger partial charge on any atom is -0.385 e. The lowest BCUT2D eigenvalue weighted by molar-refractivity contribution is 0.193. The molecule has 0 radical (unpaired) electrons. The fraction of sp³-hybridized carbons (Fsp3) is 0.333. The molecule has 0 spiro atoms. The number of allylic oxidation sites excluding steroid dienone is 3. The second-order valence-corrected chi connectivity index (χ2v) is 8.09. The van der Waals surface area contributed by atoms with Crippen molar-refractivity contribution in [2.24, 2.45) is 4.99 Å². The second-order valence-electron chi connectivity index (χ2n) is 8.09. The van der Waals surface area contributed by atoms with Gasteiger partial charge in [0.05, 0.1) is 6.04 Å². The Bertz CT molecular complexity index is 1050. The Kier molecular flexibility index (Phi) is 6.88. The summed E-state index contributed by atoms with van der Waals surface area (Å²) < 4.78 is 19.1. The minimum atomic E-state index is -0.207. The highest BCUT2D eigenvalue weighted by atomic mass is 19.1. The van der Waals surface area contributed by atoms with Gasteiger partial charge in [0.1, 0.15) is 5.82 Å². The smallest absolute Gasteiger partial charge is 0.123 e. The van der Waals surface area contributed by atoms with Gasteiger partial charge >= 0.3 is 0 Å². The molecule has 1 unspecified atom stereocenters. The molecule has 0 N–H and O–H groups in total. The van der Waals surface area contributed by atoms with Crippen LogP contribution in [0.4, 0.5) is 4.39 Å². The maximum atomic E-state index is 13.9. The summed E-state index contributed by atoms with van der Waals surface area (Å²) >= 11 is 0. The van der Waals surface area contributed by atoms with Crippen LogP contribution in [0.5, 0.6) is 0 Å². The molecule has 1 aromatic heterocycles. The Labute approximate surface area is 184 Å². The Morgan fingerprint density at radius 3 is 2.71 bits per heavy atom. The highest BCUT2D eigenvalue weighted by molar-refractivity contribution is 6.03. The zero-order chi connectivity index (χ0) is 21.6. The third kappa shape index (κ3) is 4.91. The average Bonchev–Trinajstić information content (AvgIpc) is 2.81. The number of hydrogen-bond donors (Lipinski definition) is 0. The van der Waals surface area contributed by atoms with Gasteiger partial charge in [-0.3, -0.25) is 9.98 Å². The van der Waals surface area contributed by atoms with Gasteiger partial charge in [-0.1, -0.05) is 36.8 Å². The topological polar surface area (TPSA) is 34.5 Å². The van der Waals surface area contributed by atoms with Crippen LogP contribution in [-0.4, -0.2) is 30.5 Å². The fourth-order valence-corrected chi connectivity index (χ4v) is 4.38. The number of hydrogen-bond acceptors (Lipinski definition) is 3. The van der Waals surface area contributed by atoms with Gasteiger partial charge in [-0.2, -0.15) is 0 Å². The van der Waals surface area contributed by atoms with Crippen molar-refractivity contribution < 1.29 is 9.13 Å². The number of aliphatic imine (C=N–C) groups is 1. The van der Waals surface area contributed by atoms with E-state index in [0.29, 0.717) is 0 Å². The molecule has 1 aromatic carbocycles. The van der Waals surface area contributed by atoms with Crippen molar-refractivity contribution in [2.45, 2.75) is 45.1 Å². The number of unbranched alkanes of at least 4 members (excludes halogenated alkanes) is 1. The van der Waals surface area contributed by atoms with Crippen molar-refractivity contribution in [3.8, 4) is 0 Å². The van der Waals surface area contributed by atoms with Crippen LogP contribution in [-0.2, 0) is 4.74 Å². The quantitative estimate of drug-likeness (QED) is 0.471. The lowest BCUT2D eigenvalue weighted by atomic mass is 9.79. The second kappa shape index (κ2) is 9.97. The lowest BCUT2D eigenvalue weighted by Crippen LogP contribution is -2.24. The van der Waals surface area contributed by atoms with Crippen LogP contribution < -0.4 is 0 Å². The summed E-state index contributed by atoms with van der Waals surface area (Å²) in [5.41, 5.74) is 8.14. The largest absolute Gasteiger partial charge is 0.385 e. The summed E-state index contributed by atoms with van der Waals surface area (Å²) in [6.07, 6.45) is 13.0. The summed E-state index contributed by atoms with van der Waals surface area (Å²) in [6.45, 7) is 2.95. The molecule has 0 amide bonds. The molecule has 1 aliphatic carbocycles. The molecule has 0 saturated heterocycles. The zero-order valence-electron chi connectivity index (χ0n) is 18.3. The predicted molar refractivity (Wildman–Crippen MR) is 125 cm³/mol. The van der Waals surface area contributed by atoms with Gasteiger partial charge in [0.2, 0.25) is 0 Å². The van der Waals surface area contributed by atoms with Gasteiger partial charge in [0, 0.05) is 43.8 Å². The van der Waals surface area contributed by atoms with Crippen LogP contribution in [0, 0.1) is 5.82 Å². The van der Waals surface area contributed by atoms with Gasteiger partial charge in [-0.05, 0) is 72.2 Å². The Balaban J connectivity index is 1.74. The maximum absolute atomic E-state index is 13.9. The molecule has 1 aliphatic heterocycles. The normalized spacial score (nSPS) is 18.3. The number of aromatic nitrogens is 1. The first-order valence-corrected chi connectivity index (χ1v) is 11.1. The molecule has 0 saturated carbocycles. The van der Waals surface area contributed by atoms with E-state index in [9.17, 15) is 4.39 Å². The SMILES string of the molecule is CCC1=CC(c2cccc(F)c2)=CC2=C(CCCCOC)CC(c3cccnc3)=NC12. The van der Waals surface area contributed by atoms with E-state index in [-0.39, 0.29) is 11.9 Å². The molecular weight excluding hydrogens is 387 g/mol. The number of dihydropyridines is 1. The van der Waals surface area contributed by atoms with Gasteiger partial charge in [-0.15, -0.1) is 0 Å². The predicted octanol–water partition coefficient (Wildman–Crippen LogP) is 6.33. The van der Waals surface area contributed by atoms with Crippen molar-refractivity contribution in [3.63, 3.8) is 0 Å². The number of pyridine rings is 1. The number of methoxy groups -OCH3 is 1. The van der Waals surface area contributed by atoms with E-state index in [0.717, 1.165) is 61.1 Å². The van der Waals surface area contributed by atoms with Crippen LogP contribution >= 0.6 is 0 Å². The number of nitrogens with zero attached hydrogens (tertiary/aromatic N) is 2. The minimum absolute atomic E-state index is 0.0312. The number of benzene rings is 1. The van der Waals surface area contributed by atoms with E-state index >= 15 is 0 Å². The van der Waals surface area contributed by atoms with E-state index in [1.807, 2.05) is 18.3 Å². The molecule has 160 valence electrons. The van der Waals surface area contributed by atoms with Gasteiger partial charge in [0.15, 0.2) is 0 Å². The van der Waals surface area contributed by atoms with Gasteiger partial charge < -0.3 is 4.74 Å². The fourth-order valence-electron chi connectivity index (χ4n) is 4.38. The zero-order valence-corrected chi connectivity index (χ0v) is 18.3. The molecule has 4 rings (SSSR count). The van der Waals surface area contributed by atoms with Crippen molar-refractivity contribution in [1.29, 1.82) is 0 Å². The number of halogens is 1. The Hall–Kier alpha value is -2.85. The van der Waals surface area contributed by atoms with Crippen molar-refractivity contribution in [1.82, 2.24) is 4.98 Å². The van der Waals surface area contributed by atoms with Crippen molar-refractivity contribution >= 4 is 11.3 Å². The number of ether oxygens (including phenoxy) is 1. The summed E-state index contributed by atoms with van der Waals surface area (Å²) in [6, 6.07) is 10.9. The summed E-state index contributed by atoms with van der Waals surface area (Å²) in [5.74, 6) is -0.207. The van der Waals surface area contributed by atoms with Crippen LogP contribution in [0.2, 0.25) is 0 Å². The van der Waals surface area contributed by atoms with Crippen LogP contribution in [0.25, 0.3) is 5.57 Å². The molecule has 31 heavy (non-hydrogen) atoms. The van der Waals surface area contributed by atoms with E-state index < -0.39 is 0 Å². The Morgan fingerprint density at radius 1 is 1.10 bits per heavy atom. The third-order valence-corrected chi connectivity index (χ3v) is 6.01. The molecule has 0 bridgehead atoms. The first-order chi connectivity index (χ1) is 15.2. The van der Waals surface area contributed by atoms with Gasteiger partial charge in [0.25, 0.3) is 0 Å². The van der Waals surface area contributed by atoms with Crippen LogP contribution in [0.15, 0.2) is 82.7 Å².